The molecule has 1 rings (SSSR count). The SMILES string of the molecule is Cc1ccc(Br)cc1C(=O)C(C)(C)C(=O)O. The van der Waals surface area contributed by atoms with Crippen molar-refractivity contribution >= 4 is 27.7 Å². The van der Waals surface area contributed by atoms with Crippen molar-refractivity contribution in [1.29, 1.82) is 0 Å². The zero-order chi connectivity index (χ0) is 12.5. The van der Waals surface area contributed by atoms with E-state index in [0.29, 0.717) is 5.56 Å². The molecule has 0 spiro atoms. The molecular formula is C12H13BrO3. The van der Waals surface area contributed by atoms with Crippen molar-refractivity contribution in [2.24, 2.45) is 5.41 Å². The standard InChI is InChI=1S/C12H13BrO3/c1-7-4-5-8(13)6-9(7)10(14)12(2,3)11(15)16/h4-6H,1-3H3,(H,15,16). The van der Waals surface area contributed by atoms with Gasteiger partial charge in [0.25, 0.3) is 0 Å². The molecule has 3 nitrogen and oxygen atoms in total. The summed E-state index contributed by atoms with van der Waals surface area (Å²) >= 11 is 3.27. The van der Waals surface area contributed by atoms with Crippen LogP contribution in [0.4, 0.5) is 0 Å². The average molecular weight is 285 g/mol. The number of ketones is 1. The van der Waals surface area contributed by atoms with Gasteiger partial charge in [0.05, 0.1) is 0 Å². The minimum Gasteiger partial charge on any atom is -0.481 e. The van der Waals surface area contributed by atoms with E-state index in [-0.39, 0.29) is 5.78 Å². The molecule has 0 atom stereocenters. The second-order valence-corrected chi connectivity index (χ2v) is 5.13. The van der Waals surface area contributed by atoms with E-state index in [0.717, 1.165) is 10.0 Å². The summed E-state index contributed by atoms with van der Waals surface area (Å²) < 4.78 is 0.766. The van der Waals surface area contributed by atoms with Crippen molar-refractivity contribution in [3.05, 3.63) is 33.8 Å². The van der Waals surface area contributed by atoms with Gasteiger partial charge in [0.15, 0.2) is 5.78 Å². The quantitative estimate of drug-likeness (QED) is 0.686. The van der Waals surface area contributed by atoms with Crippen LogP contribution in [0, 0.1) is 12.3 Å². The Bertz CT molecular complexity index is 450. The van der Waals surface area contributed by atoms with Gasteiger partial charge in [-0.2, -0.15) is 0 Å². The Balaban J connectivity index is 3.25. The Morgan fingerprint density at radius 3 is 2.38 bits per heavy atom. The molecule has 0 saturated heterocycles. The number of carboxylic acids is 1. The fraction of sp³-hybridized carbons (Fsp3) is 0.333. The predicted octanol–water partition coefficient (Wildman–Crippen LogP) is 3.05. The van der Waals surface area contributed by atoms with Gasteiger partial charge in [0.1, 0.15) is 5.41 Å². The highest BCUT2D eigenvalue weighted by Gasteiger charge is 2.37. The lowest BCUT2D eigenvalue weighted by atomic mass is 9.83. The zero-order valence-electron chi connectivity index (χ0n) is 9.37. The van der Waals surface area contributed by atoms with E-state index < -0.39 is 11.4 Å². The Morgan fingerprint density at radius 2 is 1.88 bits per heavy atom. The number of hydrogen-bond acceptors (Lipinski definition) is 2. The summed E-state index contributed by atoms with van der Waals surface area (Å²) in [6.07, 6.45) is 0. The van der Waals surface area contributed by atoms with Crippen LogP contribution in [0.2, 0.25) is 0 Å². The summed E-state index contributed by atoms with van der Waals surface area (Å²) in [6.45, 7) is 4.62. The van der Waals surface area contributed by atoms with Crippen LogP contribution in [0.1, 0.15) is 29.8 Å². The van der Waals surface area contributed by atoms with Gasteiger partial charge >= 0.3 is 5.97 Å². The minimum atomic E-state index is -1.40. The summed E-state index contributed by atoms with van der Waals surface area (Å²) in [7, 11) is 0. The number of rotatable bonds is 3. The number of carbonyl (C=O) groups is 2. The second-order valence-electron chi connectivity index (χ2n) is 4.22. The van der Waals surface area contributed by atoms with Gasteiger partial charge in [-0.3, -0.25) is 9.59 Å². The van der Waals surface area contributed by atoms with E-state index in [4.69, 9.17) is 5.11 Å². The van der Waals surface area contributed by atoms with Crippen LogP contribution in [0.15, 0.2) is 22.7 Å². The Morgan fingerprint density at radius 1 is 1.31 bits per heavy atom. The van der Waals surface area contributed by atoms with E-state index in [9.17, 15) is 9.59 Å². The second kappa shape index (κ2) is 4.37. The molecule has 0 aliphatic carbocycles. The first-order valence-electron chi connectivity index (χ1n) is 4.81. The van der Waals surface area contributed by atoms with Gasteiger partial charge in [-0.25, -0.2) is 0 Å². The van der Waals surface area contributed by atoms with E-state index in [2.05, 4.69) is 15.9 Å². The van der Waals surface area contributed by atoms with Crippen LogP contribution >= 0.6 is 15.9 Å². The largest absolute Gasteiger partial charge is 0.481 e. The Labute approximate surface area is 103 Å². The molecular weight excluding hydrogens is 272 g/mol. The molecule has 16 heavy (non-hydrogen) atoms. The lowest BCUT2D eigenvalue weighted by molar-refractivity contribution is -0.144. The molecule has 0 bridgehead atoms. The van der Waals surface area contributed by atoms with Crippen LogP contribution in [-0.2, 0) is 4.79 Å². The van der Waals surface area contributed by atoms with Crippen molar-refractivity contribution in [3.8, 4) is 0 Å². The lowest BCUT2D eigenvalue weighted by Crippen LogP contribution is -2.33. The lowest BCUT2D eigenvalue weighted by Gasteiger charge is -2.18. The highest BCUT2D eigenvalue weighted by molar-refractivity contribution is 9.10. The molecule has 1 N–H and O–H groups in total. The summed E-state index contributed by atoms with van der Waals surface area (Å²) in [5, 5.41) is 9.00. The first-order chi connectivity index (χ1) is 7.26. The number of Topliss-reactive ketones (excluding diaryl/α,β-unsaturated/α-hetero) is 1. The van der Waals surface area contributed by atoms with Crippen molar-refractivity contribution in [1.82, 2.24) is 0 Å². The molecule has 0 unspecified atom stereocenters. The maximum atomic E-state index is 12.1. The van der Waals surface area contributed by atoms with Crippen molar-refractivity contribution in [2.45, 2.75) is 20.8 Å². The third kappa shape index (κ3) is 2.32. The molecule has 4 heteroatoms. The molecule has 0 aliphatic heterocycles. The van der Waals surface area contributed by atoms with Crippen LogP contribution in [0.5, 0.6) is 0 Å². The van der Waals surface area contributed by atoms with Crippen LogP contribution < -0.4 is 0 Å². The molecule has 1 aromatic carbocycles. The maximum Gasteiger partial charge on any atom is 0.316 e. The van der Waals surface area contributed by atoms with Gasteiger partial charge in [0, 0.05) is 10.0 Å². The molecule has 0 saturated carbocycles. The van der Waals surface area contributed by atoms with Gasteiger partial charge in [-0.05, 0) is 38.5 Å². The highest BCUT2D eigenvalue weighted by Crippen LogP contribution is 2.26. The molecule has 0 amide bonds. The summed E-state index contributed by atoms with van der Waals surface area (Å²) in [6, 6.07) is 5.26. The number of aliphatic carboxylic acids is 1. The van der Waals surface area contributed by atoms with Crippen LogP contribution in [0.3, 0.4) is 0 Å². The first-order valence-corrected chi connectivity index (χ1v) is 5.60. The summed E-state index contributed by atoms with van der Waals surface area (Å²) in [5.41, 5.74) is -0.171. The molecule has 0 heterocycles. The molecule has 1 aromatic rings. The van der Waals surface area contributed by atoms with Gasteiger partial charge < -0.3 is 5.11 Å². The fourth-order valence-electron chi connectivity index (χ4n) is 1.27. The number of carboxylic acid groups (broad SMARTS) is 1. The summed E-state index contributed by atoms with van der Waals surface area (Å²) in [5.74, 6) is -1.49. The van der Waals surface area contributed by atoms with E-state index in [1.807, 2.05) is 6.07 Å². The Kier molecular flexibility index (Phi) is 3.53. The molecule has 0 aliphatic rings. The van der Waals surface area contributed by atoms with Crippen molar-refractivity contribution in [3.63, 3.8) is 0 Å². The van der Waals surface area contributed by atoms with Gasteiger partial charge in [-0.15, -0.1) is 0 Å². The molecule has 0 radical (unpaired) electrons. The topological polar surface area (TPSA) is 54.4 Å². The molecule has 86 valence electrons. The fourth-order valence-corrected chi connectivity index (χ4v) is 1.63. The smallest absolute Gasteiger partial charge is 0.316 e. The normalized spacial score (nSPS) is 11.2. The first kappa shape index (κ1) is 12.9. The molecule has 0 fully saturated rings. The van der Waals surface area contributed by atoms with Crippen LogP contribution in [-0.4, -0.2) is 16.9 Å². The van der Waals surface area contributed by atoms with Gasteiger partial charge in [-0.1, -0.05) is 22.0 Å². The number of carbonyl (C=O) groups excluding carboxylic acids is 1. The predicted molar refractivity (Wildman–Crippen MR) is 64.6 cm³/mol. The zero-order valence-corrected chi connectivity index (χ0v) is 11.0. The van der Waals surface area contributed by atoms with Crippen molar-refractivity contribution < 1.29 is 14.7 Å². The van der Waals surface area contributed by atoms with E-state index in [1.165, 1.54) is 13.8 Å². The van der Waals surface area contributed by atoms with Crippen LogP contribution in [0.25, 0.3) is 0 Å². The monoisotopic (exact) mass is 284 g/mol. The van der Waals surface area contributed by atoms with E-state index in [1.54, 1.807) is 19.1 Å². The van der Waals surface area contributed by atoms with Gasteiger partial charge in [0.2, 0.25) is 0 Å². The third-order valence-electron chi connectivity index (χ3n) is 2.55. The molecule has 0 aromatic heterocycles. The Hall–Kier alpha value is -1.16. The summed E-state index contributed by atoms with van der Waals surface area (Å²) in [4.78, 5) is 23.1. The van der Waals surface area contributed by atoms with E-state index >= 15 is 0 Å². The number of halogens is 1. The number of hydrogen-bond donors (Lipinski definition) is 1. The highest BCUT2D eigenvalue weighted by atomic mass is 79.9. The number of benzene rings is 1. The third-order valence-corrected chi connectivity index (χ3v) is 3.04. The van der Waals surface area contributed by atoms with Crippen molar-refractivity contribution in [2.75, 3.05) is 0 Å². The minimum absolute atomic E-state index is 0.376. The number of aryl methyl sites for hydroxylation is 1. The maximum absolute atomic E-state index is 12.1. The average Bonchev–Trinajstić information content (AvgIpc) is 2.20.